The monoisotopic (exact) mass is 210 g/mol. The Labute approximate surface area is 90.0 Å². The minimum atomic E-state index is 0.473. The molecule has 1 heterocycles. The molecule has 0 N–H and O–H groups in total. The highest BCUT2D eigenvalue weighted by atomic mass is 35.5. The maximum atomic E-state index is 6.07. The van der Waals surface area contributed by atoms with Gasteiger partial charge in [-0.2, -0.15) is 0 Å². The molecule has 2 rings (SSSR count). The lowest BCUT2D eigenvalue weighted by molar-refractivity contribution is 0.284. The molecular formula is C12H15ClO. The predicted octanol–water partition coefficient (Wildman–Crippen LogP) is 3.79. The van der Waals surface area contributed by atoms with Gasteiger partial charge in [0.1, 0.15) is 5.75 Å². The van der Waals surface area contributed by atoms with Crippen molar-refractivity contribution in [2.24, 2.45) is 0 Å². The molecule has 14 heavy (non-hydrogen) atoms. The molecule has 0 fully saturated rings. The van der Waals surface area contributed by atoms with Gasteiger partial charge >= 0.3 is 0 Å². The molecule has 0 bridgehead atoms. The third-order valence-electron chi connectivity index (χ3n) is 2.62. The Bertz CT molecular complexity index is 344. The quantitative estimate of drug-likeness (QED) is 0.686. The van der Waals surface area contributed by atoms with Crippen molar-refractivity contribution in [3.05, 3.63) is 28.3 Å². The van der Waals surface area contributed by atoms with Crippen molar-refractivity contribution in [2.45, 2.75) is 32.6 Å². The zero-order valence-electron chi connectivity index (χ0n) is 8.64. The van der Waals surface area contributed by atoms with E-state index in [1.165, 1.54) is 11.1 Å². The topological polar surface area (TPSA) is 9.23 Å². The fourth-order valence-electron chi connectivity index (χ4n) is 1.90. The van der Waals surface area contributed by atoms with E-state index in [2.05, 4.69) is 13.8 Å². The van der Waals surface area contributed by atoms with Crippen LogP contribution >= 0.6 is 11.6 Å². The van der Waals surface area contributed by atoms with Crippen LogP contribution in [0.25, 0.3) is 0 Å². The molecule has 0 atom stereocenters. The van der Waals surface area contributed by atoms with E-state index in [0.717, 1.165) is 30.2 Å². The first-order valence-electron chi connectivity index (χ1n) is 5.13. The lowest BCUT2D eigenvalue weighted by atomic mass is 9.96. The first kappa shape index (κ1) is 9.85. The van der Waals surface area contributed by atoms with Gasteiger partial charge in [0.2, 0.25) is 0 Å². The summed E-state index contributed by atoms with van der Waals surface area (Å²) >= 11 is 6.07. The summed E-state index contributed by atoms with van der Waals surface area (Å²) in [6.07, 6.45) is 2.19. The van der Waals surface area contributed by atoms with E-state index in [-0.39, 0.29) is 0 Å². The van der Waals surface area contributed by atoms with Gasteiger partial charge in [0.25, 0.3) is 0 Å². The molecule has 2 heteroatoms. The third-order valence-corrected chi connectivity index (χ3v) is 2.84. The van der Waals surface area contributed by atoms with E-state index < -0.39 is 0 Å². The average Bonchev–Trinajstić information content (AvgIpc) is 2.16. The molecule has 0 saturated carbocycles. The summed E-state index contributed by atoms with van der Waals surface area (Å²) in [4.78, 5) is 0. The maximum Gasteiger partial charge on any atom is 0.126 e. The van der Waals surface area contributed by atoms with E-state index in [0.29, 0.717) is 5.92 Å². The zero-order valence-corrected chi connectivity index (χ0v) is 9.40. The summed E-state index contributed by atoms with van der Waals surface area (Å²) in [5.74, 6) is 1.55. The summed E-state index contributed by atoms with van der Waals surface area (Å²) in [6, 6.07) is 4.05. The zero-order chi connectivity index (χ0) is 10.1. The molecule has 1 aromatic carbocycles. The number of halogens is 1. The Morgan fingerprint density at radius 3 is 2.86 bits per heavy atom. The molecule has 1 nitrogen and oxygen atoms in total. The highest BCUT2D eigenvalue weighted by molar-refractivity contribution is 6.30. The average molecular weight is 211 g/mol. The summed E-state index contributed by atoms with van der Waals surface area (Å²) < 4.78 is 5.71. The van der Waals surface area contributed by atoms with Crippen LogP contribution in [-0.4, -0.2) is 6.61 Å². The SMILES string of the molecule is CC(C)c1cc(Cl)cc2c1OCCC2. The van der Waals surface area contributed by atoms with Gasteiger partial charge in [-0.3, -0.25) is 0 Å². The van der Waals surface area contributed by atoms with E-state index in [9.17, 15) is 0 Å². The van der Waals surface area contributed by atoms with Gasteiger partial charge in [-0.15, -0.1) is 0 Å². The largest absolute Gasteiger partial charge is 0.493 e. The molecule has 0 aromatic heterocycles. The summed E-state index contributed by atoms with van der Waals surface area (Å²) in [7, 11) is 0. The minimum Gasteiger partial charge on any atom is -0.493 e. The van der Waals surface area contributed by atoms with Crippen molar-refractivity contribution >= 4 is 11.6 Å². The molecule has 1 aliphatic heterocycles. The van der Waals surface area contributed by atoms with Crippen LogP contribution in [0.15, 0.2) is 12.1 Å². The second-order valence-corrected chi connectivity index (χ2v) is 4.53. The van der Waals surface area contributed by atoms with Gasteiger partial charge in [0.15, 0.2) is 0 Å². The molecule has 76 valence electrons. The van der Waals surface area contributed by atoms with Crippen molar-refractivity contribution in [1.29, 1.82) is 0 Å². The molecule has 0 unspecified atom stereocenters. The lowest BCUT2D eigenvalue weighted by Crippen LogP contribution is -2.11. The highest BCUT2D eigenvalue weighted by Crippen LogP contribution is 2.36. The standard InChI is InChI=1S/C12H15ClO/c1-8(2)11-7-10(13)6-9-4-3-5-14-12(9)11/h6-8H,3-5H2,1-2H3. The van der Waals surface area contributed by atoms with Crippen LogP contribution in [0.3, 0.4) is 0 Å². The first-order valence-corrected chi connectivity index (χ1v) is 5.51. The number of aryl methyl sites for hydroxylation is 1. The van der Waals surface area contributed by atoms with Crippen LogP contribution in [0.4, 0.5) is 0 Å². The second-order valence-electron chi connectivity index (χ2n) is 4.09. The van der Waals surface area contributed by atoms with Crippen LogP contribution in [0.1, 0.15) is 37.3 Å². The van der Waals surface area contributed by atoms with Gasteiger partial charge in [-0.25, -0.2) is 0 Å². The number of rotatable bonds is 1. The predicted molar refractivity (Wildman–Crippen MR) is 59.4 cm³/mol. The lowest BCUT2D eigenvalue weighted by Gasteiger charge is -2.22. The number of benzene rings is 1. The number of hydrogen-bond donors (Lipinski definition) is 0. The number of hydrogen-bond acceptors (Lipinski definition) is 1. The molecule has 1 aliphatic rings. The second kappa shape index (κ2) is 3.82. The minimum absolute atomic E-state index is 0.473. The summed E-state index contributed by atoms with van der Waals surface area (Å²) in [5, 5.41) is 0.831. The van der Waals surface area contributed by atoms with Crippen LogP contribution in [-0.2, 0) is 6.42 Å². The first-order chi connectivity index (χ1) is 6.68. The van der Waals surface area contributed by atoms with Gasteiger partial charge in [-0.05, 0) is 42.0 Å². The van der Waals surface area contributed by atoms with E-state index in [4.69, 9.17) is 16.3 Å². The van der Waals surface area contributed by atoms with Crippen molar-refractivity contribution < 1.29 is 4.74 Å². The molecule has 0 radical (unpaired) electrons. The van der Waals surface area contributed by atoms with Crippen LogP contribution in [0.2, 0.25) is 5.02 Å². The van der Waals surface area contributed by atoms with E-state index >= 15 is 0 Å². The number of fused-ring (bicyclic) bond motifs is 1. The maximum absolute atomic E-state index is 6.07. The van der Waals surface area contributed by atoms with E-state index in [1.54, 1.807) is 0 Å². The van der Waals surface area contributed by atoms with E-state index in [1.807, 2.05) is 12.1 Å². The Hall–Kier alpha value is -0.690. The van der Waals surface area contributed by atoms with Gasteiger partial charge in [-0.1, -0.05) is 25.4 Å². The van der Waals surface area contributed by atoms with Gasteiger partial charge in [0, 0.05) is 5.02 Å². The summed E-state index contributed by atoms with van der Waals surface area (Å²) in [6.45, 7) is 5.18. The highest BCUT2D eigenvalue weighted by Gasteiger charge is 2.17. The molecule has 0 amide bonds. The molecule has 0 spiro atoms. The molecule has 1 aromatic rings. The van der Waals surface area contributed by atoms with Crippen molar-refractivity contribution in [3.63, 3.8) is 0 Å². The van der Waals surface area contributed by atoms with Crippen molar-refractivity contribution in [3.8, 4) is 5.75 Å². The molecule has 0 saturated heterocycles. The normalized spacial score (nSPS) is 15.1. The smallest absolute Gasteiger partial charge is 0.126 e. The van der Waals surface area contributed by atoms with Crippen LogP contribution in [0.5, 0.6) is 5.75 Å². The van der Waals surface area contributed by atoms with Crippen LogP contribution < -0.4 is 4.74 Å². The van der Waals surface area contributed by atoms with Gasteiger partial charge in [0.05, 0.1) is 6.61 Å². The Morgan fingerprint density at radius 1 is 1.36 bits per heavy atom. The fourth-order valence-corrected chi connectivity index (χ4v) is 2.15. The van der Waals surface area contributed by atoms with Crippen LogP contribution in [0, 0.1) is 0 Å². The van der Waals surface area contributed by atoms with Crippen molar-refractivity contribution in [2.75, 3.05) is 6.61 Å². The Morgan fingerprint density at radius 2 is 2.14 bits per heavy atom. The molecule has 0 aliphatic carbocycles. The number of ether oxygens (including phenoxy) is 1. The third kappa shape index (κ3) is 1.74. The molecular weight excluding hydrogens is 196 g/mol. The summed E-state index contributed by atoms with van der Waals surface area (Å²) in [5.41, 5.74) is 2.51. The van der Waals surface area contributed by atoms with Crippen molar-refractivity contribution in [1.82, 2.24) is 0 Å². The Balaban J connectivity index is 2.52. The fraction of sp³-hybridized carbons (Fsp3) is 0.500. The van der Waals surface area contributed by atoms with Gasteiger partial charge < -0.3 is 4.74 Å². The Kier molecular flexibility index (Phi) is 2.69.